The van der Waals surface area contributed by atoms with E-state index in [1.165, 1.54) is 6.92 Å². The van der Waals surface area contributed by atoms with Crippen molar-refractivity contribution in [1.29, 1.82) is 0 Å². The number of hydrogen-bond donors (Lipinski definition) is 1. The van der Waals surface area contributed by atoms with E-state index in [1.807, 2.05) is 0 Å². The summed E-state index contributed by atoms with van der Waals surface area (Å²) in [5.74, 6) is -6.52. The molecule has 1 aliphatic heterocycles. The highest BCUT2D eigenvalue weighted by Gasteiger charge is 2.40. The van der Waals surface area contributed by atoms with Crippen molar-refractivity contribution in [3.05, 3.63) is 35.1 Å². The smallest absolute Gasteiger partial charge is 0.311 e. The molecule has 1 unspecified atom stereocenters. The Labute approximate surface area is 119 Å². The molecule has 1 saturated heterocycles. The minimum Gasteiger partial charge on any atom is -0.481 e. The summed E-state index contributed by atoms with van der Waals surface area (Å²) in [5, 5.41) is 9.18. The fourth-order valence-corrected chi connectivity index (χ4v) is 2.45. The summed E-state index contributed by atoms with van der Waals surface area (Å²) in [4.78, 5) is 24.6. The number of hydrogen-bond acceptors (Lipinski definition) is 2. The fourth-order valence-electron chi connectivity index (χ4n) is 2.45. The molecule has 0 radical (unpaired) electrons. The average molecular weight is 301 g/mol. The highest BCUT2D eigenvalue weighted by atomic mass is 19.2. The predicted molar refractivity (Wildman–Crippen MR) is 67.2 cm³/mol. The molecule has 1 heterocycles. The summed E-state index contributed by atoms with van der Waals surface area (Å²) < 4.78 is 39.7. The number of amides is 1. The first-order valence-electron chi connectivity index (χ1n) is 6.42. The van der Waals surface area contributed by atoms with Crippen molar-refractivity contribution in [2.24, 2.45) is 5.41 Å². The van der Waals surface area contributed by atoms with Gasteiger partial charge in [-0.1, -0.05) is 0 Å². The standard InChI is InChI=1S/C14H14F3NO3/c1-14(13(20)21)5-2-6-18(7-14)12(19)8-3-4-9(15)11(17)10(8)16/h3-4H,2,5-7H2,1H3,(H,20,21). The van der Waals surface area contributed by atoms with Crippen LogP contribution in [-0.4, -0.2) is 35.0 Å². The van der Waals surface area contributed by atoms with E-state index in [4.69, 9.17) is 0 Å². The third kappa shape index (κ3) is 2.72. The summed E-state index contributed by atoms with van der Waals surface area (Å²) >= 11 is 0. The Bertz CT molecular complexity index is 605. The molecule has 0 saturated carbocycles. The van der Waals surface area contributed by atoms with Crippen molar-refractivity contribution in [1.82, 2.24) is 4.90 Å². The quantitative estimate of drug-likeness (QED) is 0.854. The van der Waals surface area contributed by atoms with Crippen LogP contribution >= 0.6 is 0 Å². The minimum atomic E-state index is -1.71. The van der Waals surface area contributed by atoms with Gasteiger partial charge in [-0.15, -0.1) is 0 Å². The fraction of sp³-hybridized carbons (Fsp3) is 0.429. The number of aliphatic carboxylic acids is 1. The largest absolute Gasteiger partial charge is 0.481 e. The second-order valence-corrected chi connectivity index (χ2v) is 5.42. The molecule has 1 atom stereocenters. The third-order valence-electron chi connectivity index (χ3n) is 3.77. The summed E-state index contributed by atoms with van der Waals surface area (Å²) in [6, 6.07) is 1.54. The van der Waals surface area contributed by atoms with Gasteiger partial charge in [-0.3, -0.25) is 9.59 Å². The van der Waals surface area contributed by atoms with Gasteiger partial charge in [-0.2, -0.15) is 0 Å². The molecule has 0 spiro atoms. The van der Waals surface area contributed by atoms with Gasteiger partial charge < -0.3 is 10.0 Å². The van der Waals surface area contributed by atoms with Gasteiger partial charge in [0, 0.05) is 13.1 Å². The molecule has 1 fully saturated rings. The molecule has 114 valence electrons. The van der Waals surface area contributed by atoms with Crippen molar-refractivity contribution in [2.75, 3.05) is 13.1 Å². The first kappa shape index (κ1) is 15.3. The summed E-state index contributed by atoms with van der Waals surface area (Å²) in [6.45, 7) is 1.65. The summed E-state index contributed by atoms with van der Waals surface area (Å²) in [6.07, 6.45) is 0.839. The zero-order chi connectivity index (χ0) is 15.8. The van der Waals surface area contributed by atoms with Crippen molar-refractivity contribution in [2.45, 2.75) is 19.8 Å². The van der Waals surface area contributed by atoms with E-state index in [0.29, 0.717) is 18.9 Å². The predicted octanol–water partition coefficient (Wildman–Crippen LogP) is 2.43. The average Bonchev–Trinajstić information content (AvgIpc) is 2.44. The van der Waals surface area contributed by atoms with Crippen molar-refractivity contribution >= 4 is 11.9 Å². The Kier molecular flexibility index (Phi) is 3.93. The summed E-state index contributed by atoms with van der Waals surface area (Å²) in [7, 11) is 0. The minimum absolute atomic E-state index is 0.0976. The molecule has 1 amide bonds. The third-order valence-corrected chi connectivity index (χ3v) is 3.77. The monoisotopic (exact) mass is 301 g/mol. The Hall–Kier alpha value is -2.05. The van der Waals surface area contributed by atoms with E-state index >= 15 is 0 Å². The Morgan fingerprint density at radius 1 is 1.24 bits per heavy atom. The van der Waals surface area contributed by atoms with Gasteiger partial charge in [0.2, 0.25) is 0 Å². The van der Waals surface area contributed by atoms with Crippen LogP contribution < -0.4 is 0 Å². The van der Waals surface area contributed by atoms with E-state index in [1.54, 1.807) is 0 Å². The Morgan fingerprint density at radius 2 is 1.90 bits per heavy atom. The molecule has 1 N–H and O–H groups in total. The number of carboxylic acid groups (broad SMARTS) is 1. The highest BCUT2D eigenvalue weighted by molar-refractivity contribution is 5.95. The molecule has 1 aromatic carbocycles. The molecule has 1 aliphatic rings. The molecule has 0 aromatic heterocycles. The number of carboxylic acids is 1. The topological polar surface area (TPSA) is 57.6 Å². The van der Waals surface area contributed by atoms with E-state index < -0.39 is 40.3 Å². The normalized spacial score (nSPS) is 22.2. The highest BCUT2D eigenvalue weighted by Crippen LogP contribution is 2.31. The molecular formula is C14H14F3NO3. The van der Waals surface area contributed by atoms with Crippen LogP contribution in [0.4, 0.5) is 13.2 Å². The lowest BCUT2D eigenvalue weighted by Crippen LogP contribution is -2.48. The maximum Gasteiger partial charge on any atom is 0.311 e. The second kappa shape index (κ2) is 5.38. The number of halogens is 3. The molecule has 21 heavy (non-hydrogen) atoms. The number of nitrogens with zero attached hydrogens (tertiary/aromatic N) is 1. The maximum absolute atomic E-state index is 13.6. The van der Waals surface area contributed by atoms with Crippen LogP contribution in [0, 0.1) is 22.9 Å². The molecule has 4 nitrogen and oxygen atoms in total. The van der Waals surface area contributed by atoms with Crippen LogP contribution in [0.3, 0.4) is 0 Å². The van der Waals surface area contributed by atoms with Crippen molar-refractivity contribution < 1.29 is 27.9 Å². The van der Waals surface area contributed by atoms with Gasteiger partial charge in [0.15, 0.2) is 17.5 Å². The van der Waals surface area contributed by atoms with Gasteiger partial charge in [0.05, 0.1) is 11.0 Å². The molecule has 7 heteroatoms. The molecule has 1 aromatic rings. The lowest BCUT2D eigenvalue weighted by Gasteiger charge is -2.37. The summed E-state index contributed by atoms with van der Waals surface area (Å²) in [5.41, 5.74) is -1.72. The first-order chi connectivity index (χ1) is 9.76. The molecule has 0 bridgehead atoms. The van der Waals surface area contributed by atoms with Crippen LogP contribution in [0.25, 0.3) is 0 Å². The Balaban J connectivity index is 2.28. The molecular weight excluding hydrogens is 287 g/mol. The van der Waals surface area contributed by atoms with Crippen LogP contribution in [-0.2, 0) is 4.79 Å². The van der Waals surface area contributed by atoms with Crippen molar-refractivity contribution in [3.63, 3.8) is 0 Å². The Morgan fingerprint density at radius 3 is 2.52 bits per heavy atom. The van der Waals surface area contributed by atoms with Crippen LogP contribution in [0.2, 0.25) is 0 Å². The second-order valence-electron chi connectivity index (χ2n) is 5.42. The van der Waals surface area contributed by atoms with E-state index in [-0.39, 0.29) is 13.1 Å². The number of carbonyl (C=O) groups is 2. The zero-order valence-electron chi connectivity index (χ0n) is 11.3. The number of likely N-dealkylation sites (tertiary alicyclic amines) is 1. The van der Waals surface area contributed by atoms with E-state index in [2.05, 4.69) is 0 Å². The van der Waals surface area contributed by atoms with Gasteiger partial charge in [0.1, 0.15) is 0 Å². The van der Waals surface area contributed by atoms with Crippen molar-refractivity contribution in [3.8, 4) is 0 Å². The number of benzene rings is 1. The number of piperidine rings is 1. The first-order valence-corrected chi connectivity index (χ1v) is 6.42. The SMILES string of the molecule is CC1(C(=O)O)CCCN(C(=O)c2ccc(F)c(F)c2F)C1. The lowest BCUT2D eigenvalue weighted by molar-refractivity contribution is -0.150. The van der Waals surface area contributed by atoms with Gasteiger partial charge in [-0.25, -0.2) is 13.2 Å². The van der Waals surface area contributed by atoms with Crippen LogP contribution in [0.1, 0.15) is 30.1 Å². The number of carbonyl (C=O) groups excluding carboxylic acids is 1. The zero-order valence-corrected chi connectivity index (χ0v) is 11.3. The van der Waals surface area contributed by atoms with Gasteiger partial charge >= 0.3 is 5.97 Å². The lowest BCUT2D eigenvalue weighted by atomic mass is 9.82. The van der Waals surface area contributed by atoms with Gasteiger partial charge in [0.25, 0.3) is 5.91 Å². The number of rotatable bonds is 2. The van der Waals surface area contributed by atoms with Crippen LogP contribution in [0.15, 0.2) is 12.1 Å². The van der Waals surface area contributed by atoms with Gasteiger partial charge in [-0.05, 0) is 31.9 Å². The van der Waals surface area contributed by atoms with E-state index in [9.17, 15) is 27.9 Å². The van der Waals surface area contributed by atoms with Crippen LogP contribution in [0.5, 0.6) is 0 Å². The molecule has 2 rings (SSSR count). The maximum atomic E-state index is 13.6. The molecule has 0 aliphatic carbocycles. The van der Waals surface area contributed by atoms with E-state index in [0.717, 1.165) is 11.0 Å².